The van der Waals surface area contributed by atoms with Crippen LogP contribution >= 0.6 is 0 Å². The van der Waals surface area contributed by atoms with E-state index in [1.54, 1.807) is 27.7 Å². The van der Waals surface area contributed by atoms with Crippen LogP contribution in [0.15, 0.2) is 0 Å². The highest BCUT2D eigenvalue weighted by atomic mass is 16.6. The van der Waals surface area contributed by atoms with Crippen LogP contribution in [0.3, 0.4) is 0 Å². The van der Waals surface area contributed by atoms with Crippen molar-refractivity contribution in [3.63, 3.8) is 0 Å². The summed E-state index contributed by atoms with van der Waals surface area (Å²) in [7, 11) is 0. The van der Waals surface area contributed by atoms with Crippen molar-refractivity contribution in [2.45, 2.75) is 78.4 Å². The fraction of sp³-hybridized carbons (Fsp3) is 0.800. The molecule has 0 spiro atoms. The molecule has 10 nitrogen and oxygen atoms in total. The van der Waals surface area contributed by atoms with Crippen molar-refractivity contribution >= 4 is 24.1 Å². The molecule has 0 aliphatic carbocycles. The number of hydrogen-bond donors (Lipinski definition) is 2. The minimum Gasteiger partial charge on any atom is -0.462 e. The molecule has 0 radical (unpaired) electrons. The van der Waals surface area contributed by atoms with Crippen LogP contribution in [0.4, 0.5) is 9.59 Å². The summed E-state index contributed by atoms with van der Waals surface area (Å²) >= 11 is 0. The Morgan fingerprint density at radius 2 is 1.03 bits per heavy atom. The Hall–Kier alpha value is -2.52. The van der Waals surface area contributed by atoms with Gasteiger partial charge in [-0.25, -0.2) is 9.59 Å². The second-order valence-corrected chi connectivity index (χ2v) is 6.77. The van der Waals surface area contributed by atoms with Gasteiger partial charge in [-0.3, -0.25) is 9.59 Å². The lowest BCUT2D eigenvalue weighted by atomic mass is 10.2. The van der Waals surface area contributed by atoms with Gasteiger partial charge in [-0.2, -0.15) is 0 Å². The van der Waals surface area contributed by atoms with Gasteiger partial charge in [0.05, 0.1) is 0 Å². The Morgan fingerprint density at radius 3 is 1.37 bits per heavy atom. The van der Waals surface area contributed by atoms with E-state index < -0.39 is 24.4 Å². The van der Waals surface area contributed by atoms with Crippen LogP contribution in [0.1, 0.15) is 66.2 Å². The topological polar surface area (TPSA) is 129 Å². The van der Waals surface area contributed by atoms with Gasteiger partial charge in [0.2, 0.25) is 0 Å². The van der Waals surface area contributed by atoms with Gasteiger partial charge in [0, 0.05) is 25.9 Å². The second kappa shape index (κ2) is 17.3. The average molecular weight is 433 g/mol. The SMILES string of the molecule is CCC(=O)OCC(C)OC(=O)NCCCCCCNC(=O)OC(C)COC(=O)CC. The Kier molecular flexibility index (Phi) is 15.9. The van der Waals surface area contributed by atoms with Crippen LogP contribution in [-0.4, -0.2) is 62.6 Å². The van der Waals surface area contributed by atoms with Gasteiger partial charge >= 0.3 is 24.1 Å². The summed E-state index contributed by atoms with van der Waals surface area (Å²) in [6, 6.07) is 0. The van der Waals surface area contributed by atoms with Crippen molar-refractivity contribution < 1.29 is 38.1 Å². The van der Waals surface area contributed by atoms with E-state index in [9.17, 15) is 19.2 Å². The number of ether oxygens (including phenoxy) is 4. The third-order valence-electron chi connectivity index (χ3n) is 3.79. The maximum absolute atomic E-state index is 11.6. The summed E-state index contributed by atoms with van der Waals surface area (Å²) in [6.07, 6.45) is 1.78. The molecular formula is C20H36N2O8. The van der Waals surface area contributed by atoms with Crippen molar-refractivity contribution in [2.24, 2.45) is 0 Å². The highest BCUT2D eigenvalue weighted by Crippen LogP contribution is 2.00. The Labute approximate surface area is 178 Å². The minimum absolute atomic E-state index is 0.0399. The lowest BCUT2D eigenvalue weighted by Crippen LogP contribution is -2.31. The van der Waals surface area contributed by atoms with Crippen LogP contribution in [0.2, 0.25) is 0 Å². The molecule has 0 aromatic heterocycles. The molecule has 0 aliphatic heterocycles. The molecule has 0 fully saturated rings. The maximum Gasteiger partial charge on any atom is 0.407 e. The van der Waals surface area contributed by atoms with Crippen LogP contribution in [0.5, 0.6) is 0 Å². The monoisotopic (exact) mass is 432 g/mol. The summed E-state index contributed by atoms with van der Waals surface area (Å²) in [5, 5.41) is 5.29. The third-order valence-corrected chi connectivity index (χ3v) is 3.79. The van der Waals surface area contributed by atoms with Crippen molar-refractivity contribution in [3.8, 4) is 0 Å². The van der Waals surface area contributed by atoms with Crippen LogP contribution in [0.25, 0.3) is 0 Å². The van der Waals surface area contributed by atoms with Crippen molar-refractivity contribution in [1.82, 2.24) is 10.6 Å². The minimum atomic E-state index is -0.543. The number of esters is 2. The molecule has 0 aromatic carbocycles. The van der Waals surface area contributed by atoms with Crippen molar-refractivity contribution in [1.29, 1.82) is 0 Å². The van der Waals surface area contributed by atoms with Gasteiger partial charge < -0.3 is 29.6 Å². The molecule has 2 amide bonds. The molecule has 30 heavy (non-hydrogen) atoms. The highest BCUT2D eigenvalue weighted by Gasteiger charge is 2.12. The first-order valence-electron chi connectivity index (χ1n) is 10.5. The first-order valence-corrected chi connectivity index (χ1v) is 10.5. The van der Waals surface area contributed by atoms with E-state index in [1.165, 1.54) is 0 Å². The summed E-state index contributed by atoms with van der Waals surface area (Å²) in [5.74, 6) is -0.666. The largest absolute Gasteiger partial charge is 0.462 e. The van der Waals surface area contributed by atoms with Gasteiger partial charge in [0.25, 0.3) is 0 Å². The number of alkyl carbamates (subject to hydrolysis) is 2. The Morgan fingerprint density at radius 1 is 0.667 bits per heavy atom. The highest BCUT2D eigenvalue weighted by molar-refractivity contribution is 5.69. The van der Waals surface area contributed by atoms with E-state index in [-0.39, 0.29) is 38.0 Å². The number of hydrogen-bond acceptors (Lipinski definition) is 8. The van der Waals surface area contributed by atoms with Crippen LogP contribution in [-0.2, 0) is 28.5 Å². The molecule has 0 aromatic rings. The smallest absolute Gasteiger partial charge is 0.407 e. The molecule has 0 heterocycles. The van der Waals surface area contributed by atoms with Crippen LogP contribution in [0, 0.1) is 0 Å². The predicted molar refractivity (Wildman–Crippen MR) is 109 cm³/mol. The van der Waals surface area contributed by atoms with Crippen molar-refractivity contribution in [2.75, 3.05) is 26.3 Å². The van der Waals surface area contributed by atoms with Gasteiger partial charge in [0.15, 0.2) is 0 Å². The molecule has 0 aliphatic rings. The Balaban J connectivity index is 3.58. The third kappa shape index (κ3) is 16.4. The first kappa shape index (κ1) is 27.5. The molecule has 0 bridgehead atoms. The number of amides is 2. The van der Waals surface area contributed by atoms with E-state index in [4.69, 9.17) is 18.9 Å². The normalized spacial score (nSPS) is 12.3. The molecule has 10 heteroatoms. The summed E-state index contributed by atoms with van der Waals surface area (Å²) in [6.45, 7) is 7.72. The molecule has 174 valence electrons. The van der Waals surface area contributed by atoms with E-state index in [1.807, 2.05) is 0 Å². The molecule has 0 saturated carbocycles. The lowest BCUT2D eigenvalue weighted by Gasteiger charge is -2.14. The fourth-order valence-electron chi connectivity index (χ4n) is 2.13. The molecule has 2 unspecified atom stereocenters. The summed E-state index contributed by atoms with van der Waals surface area (Å²) < 4.78 is 19.9. The first-order chi connectivity index (χ1) is 14.3. The molecule has 2 atom stereocenters. The summed E-state index contributed by atoms with van der Waals surface area (Å²) in [5.41, 5.74) is 0. The van der Waals surface area contributed by atoms with E-state index in [0.29, 0.717) is 13.1 Å². The zero-order valence-electron chi connectivity index (χ0n) is 18.5. The number of carbonyl (C=O) groups excluding carboxylic acids is 4. The van der Waals surface area contributed by atoms with E-state index >= 15 is 0 Å². The molecule has 0 rings (SSSR count). The Bertz CT molecular complexity index is 481. The second-order valence-electron chi connectivity index (χ2n) is 6.77. The number of unbranched alkanes of at least 4 members (excludes halogenated alkanes) is 3. The molecular weight excluding hydrogens is 396 g/mol. The van der Waals surface area contributed by atoms with Gasteiger partial charge in [-0.1, -0.05) is 26.7 Å². The zero-order chi connectivity index (χ0) is 22.8. The fourth-order valence-corrected chi connectivity index (χ4v) is 2.13. The molecule has 0 saturated heterocycles. The quantitative estimate of drug-likeness (QED) is 0.230. The van der Waals surface area contributed by atoms with Crippen LogP contribution < -0.4 is 10.6 Å². The maximum atomic E-state index is 11.6. The van der Waals surface area contributed by atoms with E-state index in [0.717, 1.165) is 25.7 Å². The van der Waals surface area contributed by atoms with Gasteiger partial charge in [0.1, 0.15) is 25.4 Å². The number of carbonyl (C=O) groups is 4. The summed E-state index contributed by atoms with van der Waals surface area (Å²) in [4.78, 5) is 45.3. The lowest BCUT2D eigenvalue weighted by molar-refractivity contribution is -0.146. The van der Waals surface area contributed by atoms with Crippen molar-refractivity contribution in [3.05, 3.63) is 0 Å². The predicted octanol–water partition coefficient (Wildman–Crippen LogP) is 2.68. The van der Waals surface area contributed by atoms with Gasteiger partial charge in [-0.05, 0) is 26.7 Å². The number of rotatable bonds is 15. The van der Waals surface area contributed by atoms with E-state index in [2.05, 4.69) is 10.6 Å². The van der Waals surface area contributed by atoms with Gasteiger partial charge in [-0.15, -0.1) is 0 Å². The molecule has 2 N–H and O–H groups in total. The average Bonchev–Trinajstić information content (AvgIpc) is 2.71. The standard InChI is InChI=1S/C20H36N2O8/c1-5-17(23)27-13-15(3)29-19(25)21-11-9-7-8-10-12-22-20(26)30-16(4)14-28-18(24)6-2/h15-16H,5-14H2,1-4H3,(H,21,25)(H,22,26). The zero-order valence-corrected chi connectivity index (χ0v) is 18.5. The number of nitrogens with one attached hydrogen (secondary N) is 2.